The summed E-state index contributed by atoms with van der Waals surface area (Å²) in [5.41, 5.74) is 5.94. The Hall–Kier alpha value is -1.62. The van der Waals surface area contributed by atoms with E-state index in [0.717, 1.165) is 12.7 Å². The van der Waals surface area contributed by atoms with Crippen molar-refractivity contribution in [3.8, 4) is 0 Å². The molecule has 3 N–H and O–H groups in total. The molecule has 2 rings (SSSR count). The van der Waals surface area contributed by atoms with Crippen LogP contribution in [-0.2, 0) is 4.74 Å². The molecule has 0 spiro atoms. The fourth-order valence-electron chi connectivity index (χ4n) is 1.62. The molecule has 18 heavy (non-hydrogen) atoms. The predicted octanol–water partition coefficient (Wildman–Crippen LogP) is 1.56. The average Bonchev–Trinajstić information content (AvgIpc) is 3.11. The Morgan fingerprint density at radius 2 is 2.22 bits per heavy atom. The van der Waals surface area contributed by atoms with E-state index in [1.165, 1.54) is 25.0 Å². The molecule has 1 aromatic rings. The summed E-state index contributed by atoms with van der Waals surface area (Å²) in [6.45, 7) is 1.66. The molecule has 0 saturated heterocycles. The number of nitrogens with one attached hydrogen (secondary N) is 1. The maximum absolute atomic E-state index is 13.0. The molecule has 0 heterocycles. The third kappa shape index (κ3) is 4.00. The third-order valence-electron chi connectivity index (χ3n) is 2.76. The van der Waals surface area contributed by atoms with Crippen LogP contribution < -0.4 is 11.1 Å². The fourth-order valence-corrected chi connectivity index (χ4v) is 1.62. The van der Waals surface area contributed by atoms with Gasteiger partial charge in [-0.2, -0.15) is 0 Å². The van der Waals surface area contributed by atoms with Crippen LogP contribution in [-0.4, -0.2) is 25.7 Å². The highest BCUT2D eigenvalue weighted by atomic mass is 19.1. The molecule has 1 aliphatic rings. The second-order valence-corrected chi connectivity index (χ2v) is 4.55. The molecule has 98 valence electrons. The zero-order chi connectivity index (χ0) is 13.0. The first-order chi connectivity index (χ1) is 8.65. The van der Waals surface area contributed by atoms with Gasteiger partial charge in [-0.1, -0.05) is 0 Å². The van der Waals surface area contributed by atoms with Crippen molar-refractivity contribution in [2.75, 3.05) is 25.5 Å². The van der Waals surface area contributed by atoms with Gasteiger partial charge in [0, 0.05) is 24.4 Å². The molecule has 1 amide bonds. The van der Waals surface area contributed by atoms with E-state index in [2.05, 4.69) is 5.32 Å². The van der Waals surface area contributed by atoms with Crippen molar-refractivity contribution in [1.29, 1.82) is 0 Å². The van der Waals surface area contributed by atoms with Gasteiger partial charge in [0.25, 0.3) is 5.91 Å². The second-order valence-electron chi connectivity index (χ2n) is 4.55. The lowest BCUT2D eigenvalue weighted by Gasteiger charge is -2.07. The Morgan fingerprint density at radius 3 is 2.89 bits per heavy atom. The van der Waals surface area contributed by atoms with Gasteiger partial charge in [-0.25, -0.2) is 4.39 Å². The van der Waals surface area contributed by atoms with E-state index in [-0.39, 0.29) is 17.2 Å². The normalized spacial score (nSPS) is 14.5. The highest BCUT2D eigenvalue weighted by Crippen LogP contribution is 2.28. The van der Waals surface area contributed by atoms with Crippen molar-refractivity contribution < 1.29 is 13.9 Å². The van der Waals surface area contributed by atoms with Crippen LogP contribution in [0.1, 0.15) is 23.2 Å². The lowest BCUT2D eigenvalue weighted by atomic mass is 10.2. The lowest BCUT2D eigenvalue weighted by Crippen LogP contribution is -2.27. The van der Waals surface area contributed by atoms with Gasteiger partial charge >= 0.3 is 0 Å². The second kappa shape index (κ2) is 5.82. The number of carbonyl (C=O) groups excluding carboxylic acids is 1. The lowest BCUT2D eigenvalue weighted by molar-refractivity contribution is 0.0906. The number of nitrogens with two attached hydrogens (primary N) is 1. The van der Waals surface area contributed by atoms with E-state index >= 15 is 0 Å². The molecule has 0 aromatic heterocycles. The van der Waals surface area contributed by atoms with Crippen LogP contribution in [0.4, 0.5) is 10.1 Å². The minimum Gasteiger partial charge on any atom is -0.399 e. The Kier molecular flexibility index (Phi) is 4.15. The van der Waals surface area contributed by atoms with E-state index in [1.807, 2.05) is 0 Å². The molecular formula is C13H17FN2O2. The van der Waals surface area contributed by atoms with Gasteiger partial charge in [0.15, 0.2) is 0 Å². The quantitative estimate of drug-likeness (QED) is 0.596. The van der Waals surface area contributed by atoms with E-state index in [0.29, 0.717) is 19.1 Å². The summed E-state index contributed by atoms with van der Waals surface area (Å²) in [6, 6.07) is 3.79. The molecule has 0 bridgehead atoms. The summed E-state index contributed by atoms with van der Waals surface area (Å²) in [5, 5.41) is 2.66. The molecular weight excluding hydrogens is 235 g/mol. The zero-order valence-corrected chi connectivity index (χ0v) is 10.1. The van der Waals surface area contributed by atoms with Crippen LogP contribution in [0.25, 0.3) is 0 Å². The average molecular weight is 252 g/mol. The number of benzene rings is 1. The molecule has 0 atom stereocenters. The number of rotatable bonds is 6. The largest absolute Gasteiger partial charge is 0.399 e. The van der Waals surface area contributed by atoms with Crippen molar-refractivity contribution in [3.63, 3.8) is 0 Å². The molecule has 1 saturated carbocycles. The summed E-state index contributed by atoms with van der Waals surface area (Å²) in [7, 11) is 0. The number of amides is 1. The number of ether oxygens (including phenoxy) is 1. The Balaban J connectivity index is 1.72. The molecule has 5 heteroatoms. The number of anilines is 1. The van der Waals surface area contributed by atoms with E-state index in [9.17, 15) is 9.18 Å². The number of carbonyl (C=O) groups is 1. The Bertz CT molecular complexity index is 413. The van der Waals surface area contributed by atoms with E-state index in [1.54, 1.807) is 0 Å². The highest BCUT2D eigenvalue weighted by Gasteiger charge is 2.20. The maximum atomic E-state index is 13.0. The van der Waals surface area contributed by atoms with Crippen LogP contribution in [0, 0.1) is 11.7 Å². The summed E-state index contributed by atoms with van der Waals surface area (Å²) in [6.07, 6.45) is 2.49. The Morgan fingerprint density at radius 1 is 1.44 bits per heavy atom. The first-order valence-corrected chi connectivity index (χ1v) is 6.07. The van der Waals surface area contributed by atoms with Crippen molar-refractivity contribution in [2.45, 2.75) is 12.8 Å². The molecule has 1 aliphatic carbocycles. The molecule has 0 aliphatic heterocycles. The number of hydrogen-bond acceptors (Lipinski definition) is 3. The van der Waals surface area contributed by atoms with Gasteiger partial charge in [-0.3, -0.25) is 4.79 Å². The van der Waals surface area contributed by atoms with Crippen molar-refractivity contribution in [3.05, 3.63) is 29.6 Å². The molecule has 4 nitrogen and oxygen atoms in total. The number of hydrogen-bond donors (Lipinski definition) is 2. The van der Waals surface area contributed by atoms with Gasteiger partial charge in [0.1, 0.15) is 5.82 Å². The topological polar surface area (TPSA) is 64.4 Å². The monoisotopic (exact) mass is 252 g/mol. The van der Waals surface area contributed by atoms with E-state index < -0.39 is 5.82 Å². The predicted molar refractivity (Wildman–Crippen MR) is 66.7 cm³/mol. The van der Waals surface area contributed by atoms with Gasteiger partial charge in [-0.15, -0.1) is 0 Å². The van der Waals surface area contributed by atoms with Gasteiger partial charge in [0.2, 0.25) is 0 Å². The first-order valence-electron chi connectivity index (χ1n) is 6.07. The maximum Gasteiger partial charge on any atom is 0.251 e. The Labute approximate surface area is 105 Å². The van der Waals surface area contributed by atoms with E-state index in [4.69, 9.17) is 10.5 Å². The van der Waals surface area contributed by atoms with Crippen molar-refractivity contribution in [1.82, 2.24) is 5.32 Å². The number of nitrogen functional groups attached to an aromatic ring is 1. The first kappa shape index (κ1) is 12.8. The fraction of sp³-hybridized carbons (Fsp3) is 0.462. The van der Waals surface area contributed by atoms with Crippen molar-refractivity contribution in [2.24, 2.45) is 5.92 Å². The van der Waals surface area contributed by atoms with Crippen LogP contribution >= 0.6 is 0 Å². The molecule has 0 unspecified atom stereocenters. The van der Waals surface area contributed by atoms with Crippen LogP contribution in [0.5, 0.6) is 0 Å². The van der Waals surface area contributed by atoms with Crippen LogP contribution in [0.3, 0.4) is 0 Å². The summed E-state index contributed by atoms with van der Waals surface area (Å²) >= 11 is 0. The van der Waals surface area contributed by atoms with Crippen molar-refractivity contribution >= 4 is 11.6 Å². The standard InChI is InChI=1S/C13H17FN2O2/c14-11-5-10(6-12(15)7-11)13(17)16-3-4-18-8-9-1-2-9/h5-7,9H,1-4,8,15H2,(H,16,17). The smallest absolute Gasteiger partial charge is 0.251 e. The highest BCUT2D eigenvalue weighted by molar-refractivity contribution is 5.95. The van der Waals surface area contributed by atoms with Gasteiger partial charge < -0.3 is 15.8 Å². The molecule has 1 aromatic carbocycles. The van der Waals surface area contributed by atoms with Crippen LogP contribution in [0.15, 0.2) is 18.2 Å². The third-order valence-corrected chi connectivity index (χ3v) is 2.76. The SMILES string of the molecule is Nc1cc(F)cc(C(=O)NCCOCC2CC2)c1. The van der Waals surface area contributed by atoms with Crippen LogP contribution in [0.2, 0.25) is 0 Å². The zero-order valence-electron chi connectivity index (χ0n) is 10.1. The minimum atomic E-state index is -0.509. The molecule has 0 radical (unpaired) electrons. The molecule has 1 fully saturated rings. The van der Waals surface area contributed by atoms with Gasteiger partial charge in [0.05, 0.1) is 6.61 Å². The summed E-state index contributed by atoms with van der Waals surface area (Å²) in [4.78, 5) is 11.7. The minimum absolute atomic E-state index is 0.231. The van der Waals surface area contributed by atoms with Gasteiger partial charge in [-0.05, 0) is 37.0 Å². The summed E-state index contributed by atoms with van der Waals surface area (Å²) in [5.74, 6) is -0.134. The number of halogens is 1. The summed E-state index contributed by atoms with van der Waals surface area (Å²) < 4.78 is 18.4.